The molecule has 6 heteroatoms. The zero-order valence-electron chi connectivity index (χ0n) is 10.9. The molecule has 2 N–H and O–H groups in total. The number of hydrogen-bond donors (Lipinski definition) is 1. The Bertz CT molecular complexity index is 481. The number of hydrogen-bond acceptors (Lipinski definition) is 4. The Morgan fingerprint density at radius 1 is 1.53 bits per heavy atom. The normalized spacial score (nSPS) is 23.4. The third-order valence-corrected chi connectivity index (χ3v) is 4.35. The average Bonchev–Trinajstić information content (AvgIpc) is 2.38. The highest BCUT2D eigenvalue weighted by Crippen LogP contribution is 2.36. The predicted molar refractivity (Wildman–Crippen MR) is 79.4 cm³/mol. The number of piperidine rings is 1. The van der Waals surface area contributed by atoms with Gasteiger partial charge >= 0.3 is 0 Å². The lowest BCUT2D eigenvalue weighted by atomic mass is 9.95. The molecule has 1 aliphatic rings. The second-order valence-corrected chi connectivity index (χ2v) is 5.82. The van der Waals surface area contributed by atoms with Crippen LogP contribution in [0.3, 0.4) is 0 Å². The fourth-order valence-corrected chi connectivity index (χ4v) is 3.34. The molecule has 0 spiro atoms. The summed E-state index contributed by atoms with van der Waals surface area (Å²) in [5.41, 5.74) is 6.95. The van der Waals surface area contributed by atoms with Crippen LogP contribution in [0.1, 0.15) is 26.2 Å². The van der Waals surface area contributed by atoms with Gasteiger partial charge in [0.05, 0.1) is 10.6 Å². The maximum absolute atomic E-state index is 10.8. The molecule has 0 amide bonds. The number of nitrogens with zero attached hydrogens (tertiary/aromatic N) is 2. The van der Waals surface area contributed by atoms with Gasteiger partial charge in [0.2, 0.25) is 0 Å². The summed E-state index contributed by atoms with van der Waals surface area (Å²) < 4.78 is 0.758. The Balaban J connectivity index is 2.36. The summed E-state index contributed by atoms with van der Waals surface area (Å²) in [6, 6.07) is 5.63. The van der Waals surface area contributed by atoms with Crippen molar-refractivity contribution in [1.82, 2.24) is 0 Å². The molecule has 1 heterocycles. The Morgan fingerprint density at radius 2 is 2.26 bits per heavy atom. The highest BCUT2D eigenvalue weighted by atomic mass is 79.9. The molecule has 1 aromatic carbocycles. The molecular formula is C13H18BrN3O2. The number of benzene rings is 1. The Morgan fingerprint density at radius 3 is 2.84 bits per heavy atom. The van der Waals surface area contributed by atoms with Crippen LogP contribution in [0.15, 0.2) is 22.7 Å². The maximum Gasteiger partial charge on any atom is 0.270 e. The third-order valence-electron chi connectivity index (χ3n) is 3.72. The quantitative estimate of drug-likeness (QED) is 0.684. The van der Waals surface area contributed by atoms with Crippen molar-refractivity contribution in [3.63, 3.8) is 0 Å². The van der Waals surface area contributed by atoms with E-state index in [9.17, 15) is 10.1 Å². The minimum Gasteiger partial charge on any atom is -0.364 e. The van der Waals surface area contributed by atoms with Gasteiger partial charge in [0, 0.05) is 35.2 Å². The minimum atomic E-state index is -0.380. The smallest absolute Gasteiger partial charge is 0.270 e. The second-order valence-electron chi connectivity index (χ2n) is 4.97. The van der Waals surface area contributed by atoms with Crippen LogP contribution in [-0.4, -0.2) is 23.6 Å². The van der Waals surface area contributed by atoms with Crippen LogP contribution in [0.4, 0.5) is 11.4 Å². The number of nitrogens with two attached hydrogens (primary N) is 1. The first-order chi connectivity index (χ1) is 9.04. The van der Waals surface area contributed by atoms with Gasteiger partial charge in [0.25, 0.3) is 5.69 Å². The monoisotopic (exact) mass is 327 g/mol. The number of non-ortho nitro benzene ring substituents is 1. The molecule has 5 nitrogen and oxygen atoms in total. The van der Waals surface area contributed by atoms with E-state index in [-0.39, 0.29) is 10.6 Å². The second kappa shape index (κ2) is 5.88. The van der Waals surface area contributed by atoms with Crippen LogP contribution in [-0.2, 0) is 0 Å². The van der Waals surface area contributed by atoms with Gasteiger partial charge in [-0.25, -0.2) is 0 Å². The van der Waals surface area contributed by atoms with Gasteiger partial charge in [-0.3, -0.25) is 10.1 Å². The van der Waals surface area contributed by atoms with Crippen LogP contribution < -0.4 is 10.6 Å². The van der Waals surface area contributed by atoms with Gasteiger partial charge in [-0.2, -0.15) is 0 Å². The van der Waals surface area contributed by atoms with E-state index in [2.05, 4.69) is 27.8 Å². The highest BCUT2D eigenvalue weighted by molar-refractivity contribution is 9.10. The van der Waals surface area contributed by atoms with Crippen molar-refractivity contribution in [3.8, 4) is 0 Å². The van der Waals surface area contributed by atoms with Crippen LogP contribution in [0.2, 0.25) is 0 Å². The molecule has 1 aromatic rings. The van der Waals surface area contributed by atoms with Crippen molar-refractivity contribution in [2.75, 3.05) is 11.4 Å². The van der Waals surface area contributed by atoms with E-state index in [0.29, 0.717) is 18.6 Å². The summed E-state index contributed by atoms with van der Waals surface area (Å²) in [4.78, 5) is 12.7. The van der Waals surface area contributed by atoms with Crippen molar-refractivity contribution in [2.45, 2.75) is 38.3 Å². The summed E-state index contributed by atoms with van der Waals surface area (Å²) in [6.45, 7) is 2.78. The Kier molecular flexibility index (Phi) is 4.42. The van der Waals surface area contributed by atoms with Gasteiger partial charge in [0.15, 0.2) is 0 Å². The Hall–Kier alpha value is -1.14. The minimum absolute atomic E-state index is 0.101. The van der Waals surface area contributed by atoms with Crippen molar-refractivity contribution in [1.29, 1.82) is 0 Å². The van der Waals surface area contributed by atoms with Crippen LogP contribution in [0.25, 0.3) is 0 Å². The molecule has 0 bridgehead atoms. The Labute approximate surface area is 121 Å². The molecule has 1 aliphatic heterocycles. The number of rotatable bonds is 3. The summed E-state index contributed by atoms with van der Waals surface area (Å²) in [5.74, 6) is 0. The van der Waals surface area contributed by atoms with E-state index in [1.54, 1.807) is 12.1 Å². The number of halogens is 1. The van der Waals surface area contributed by atoms with E-state index in [1.807, 2.05) is 6.07 Å². The molecule has 2 atom stereocenters. The van der Waals surface area contributed by atoms with Gasteiger partial charge in [-0.05, 0) is 48.2 Å². The molecule has 2 rings (SSSR count). The number of nitro benzene ring substituents is 1. The van der Waals surface area contributed by atoms with Gasteiger partial charge in [0.1, 0.15) is 0 Å². The first-order valence-electron chi connectivity index (χ1n) is 6.47. The van der Waals surface area contributed by atoms with E-state index in [1.165, 1.54) is 6.42 Å². The molecule has 104 valence electrons. The largest absolute Gasteiger partial charge is 0.364 e. The highest BCUT2D eigenvalue weighted by Gasteiger charge is 2.28. The number of nitro groups is 1. The van der Waals surface area contributed by atoms with Gasteiger partial charge in [-0.15, -0.1) is 0 Å². The number of anilines is 1. The van der Waals surface area contributed by atoms with E-state index in [0.717, 1.165) is 23.0 Å². The van der Waals surface area contributed by atoms with Crippen LogP contribution in [0.5, 0.6) is 0 Å². The lowest BCUT2D eigenvalue weighted by Gasteiger charge is -2.42. The topological polar surface area (TPSA) is 72.4 Å². The van der Waals surface area contributed by atoms with Crippen molar-refractivity contribution < 1.29 is 4.92 Å². The standard InChI is InChI=1S/C13H18BrN3O2/c1-9-3-2-4-11(8-15)16(9)13-6-5-10(17(18)19)7-12(13)14/h5-7,9,11H,2-4,8,15H2,1H3. The summed E-state index contributed by atoms with van der Waals surface area (Å²) in [7, 11) is 0. The molecule has 0 saturated carbocycles. The van der Waals surface area contributed by atoms with Gasteiger partial charge < -0.3 is 10.6 Å². The maximum atomic E-state index is 10.8. The molecule has 0 aromatic heterocycles. The molecule has 1 saturated heterocycles. The third kappa shape index (κ3) is 2.90. The summed E-state index contributed by atoms with van der Waals surface area (Å²) in [5, 5.41) is 10.8. The lowest BCUT2D eigenvalue weighted by molar-refractivity contribution is -0.384. The molecule has 1 fully saturated rings. The molecule has 19 heavy (non-hydrogen) atoms. The van der Waals surface area contributed by atoms with Crippen molar-refractivity contribution >= 4 is 27.3 Å². The first kappa shape index (κ1) is 14.3. The fourth-order valence-electron chi connectivity index (χ4n) is 2.77. The van der Waals surface area contributed by atoms with E-state index >= 15 is 0 Å². The fraction of sp³-hybridized carbons (Fsp3) is 0.538. The van der Waals surface area contributed by atoms with E-state index < -0.39 is 0 Å². The first-order valence-corrected chi connectivity index (χ1v) is 7.26. The van der Waals surface area contributed by atoms with Crippen molar-refractivity contribution in [2.24, 2.45) is 5.73 Å². The summed E-state index contributed by atoms with van der Waals surface area (Å²) >= 11 is 3.45. The molecule has 0 radical (unpaired) electrons. The van der Waals surface area contributed by atoms with Crippen molar-refractivity contribution in [3.05, 3.63) is 32.8 Å². The SMILES string of the molecule is CC1CCCC(CN)N1c1ccc([N+](=O)[O-])cc1Br. The van der Waals surface area contributed by atoms with Gasteiger partial charge in [-0.1, -0.05) is 0 Å². The average molecular weight is 328 g/mol. The molecule has 2 unspecified atom stereocenters. The predicted octanol–water partition coefficient (Wildman–Crippen LogP) is 3.06. The van der Waals surface area contributed by atoms with Crippen LogP contribution in [0, 0.1) is 10.1 Å². The zero-order chi connectivity index (χ0) is 14.0. The lowest BCUT2D eigenvalue weighted by Crippen LogP contribution is -2.49. The van der Waals surface area contributed by atoms with E-state index in [4.69, 9.17) is 5.73 Å². The molecule has 0 aliphatic carbocycles. The van der Waals surface area contributed by atoms with Crippen LogP contribution >= 0.6 is 15.9 Å². The zero-order valence-corrected chi connectivity index (χ0v) is 12.5. The molecular weight excluding hydrogens is 310 g/mol. The summed E-state index contributed by atoms with van der Waals surface area (Å²) in [6.07, 6.45) is 3.38.